The highest BCUT2D eigenvalue weighted by atomic mass is 32.1. The zero-order valence-electron chi connectivity index (χ0n) is 12.2. The smallest absolute Gasteiger partial charge is 0.340 e. The van der Waals surface area contributed by atoms with Crippen molar-refractivity contribution in [3.05, 3.63) is 28.9 Å². The predicted molar refractivity (Wildman–Crippen MR) is 84.1 cm³/mol. The zero-order valence-corrected chi connectivity index (χ0v) is 13.0. The number of nitrogens with two attached hydrogens (primary N) is 1. The molecule has 0 bridgehead atoms. The second-order valence-electron chi connectivity index (χ2n) is 4.70. The van der Waals surface area contributed by atoms with Gasteiger partial charge in [-0.05, 0) is 18.9 Å². The van der Waals surface area contributed by atoms with E-state index in [1.165, 1.54) is 17.5 Å². The van der Waals surface area contributed by atoms with E-state index in [9.17, 15) is 4.79 Å². The highest BCUT2D eigenvalue weighted by Gasteiger charge is 2.15. The Kier molecular flexibility index (Phi) is 4.74. The average Bonchev–Trinajstić information content (AvgIpc) is 2.90. The summed E-state index contributed by atoms with van der Waals surface area (Å²) in [6, 6.07) is 1.54. The summed E-state index contributed by atoms with van der Waals surface area (Å²) in [6.45, 7) is 6.20. The lowest BCUT2D eigenvalue weighted by atomic mass is 10.2. The maximum absolute atomic E-state index is 11.8. The number of rotatable bonds is 5. The van der Waals surface area contributed by atoms with E-state index in [0.717, 1.165) is 5.69 Å². The molecule has 0 aliphatic rings. The number of nitrogens with zero attached hydrogens (tertiary/aromatic N) is 2. The van der Waals surface area contributed by atoms with E-state index in [2.05, 4.69) is 29.1 Å². The molecular weight excluding hydrogens is 288 g/mol. The molecule has 0 spiro atoms. The van der Waals surface area contributed by atoms with Gasteiger partial charge < -0.3 is 15.8 Å². The molecule has 0 unspecified atom stereocenters. The number of nitrogens with one attached hydrogen (secondary N) is 1. The third-order valence-corrected chi connectivity index (χ3v) is 3.60. The predicted octanol–water partition coefficient (Wildman–Crippen LogP) is 3.16. The Morgan fingerprint density at radius 1 is 1.52 bits per heavy atom. The summed E-state index contributed by atoms with van der Waals surface area (Å²) < 4.78 is 4.96. The number of pyridine rings is 1. The van der Waals surface area contributed by atoms with Crippen LogP contribution in [0, 0.1) is 0 Å². The van der Waals surface area contributed by atoms with Crippen LogP contribution in [-0.2, 0) is 4.74 Å². The molecule has 21 heavy (non-hydrogen) atoms. The number of nitrogen functional groups attached to an aromatic ring is 1. The minimum atomic E-state index is -0.456. The van der Waals surface area contributed by atoms with Crippen LogP contribution in [0.4, 0.5) is 16.6 Å². The molecule has 0 atom stereocenters. The van der Waals surface area contributed by atoms with Gasteiger partial charge in [-0.25, -0.2) is 14.8 Å². The van der Waals surface area contributed by atoms with Crippen LogP contribution in [0.25, 0.3) is 0 Å². The van der Waals surface area contributed by atoms with Crippen LogP contribution in [0.5, 0.6) is 0 Å². The molecular formula is C14H18N4O2S. The van der Waals surface area contributed by atoms with Crippen LogP contribution >= 0.6 is 11.3 Å². The van der Waals surface area contributed by atoms with Crippen molar-refractivity contribution in [3.63, 3.8) is 0 Å². The Balaban J connectivity index is 2.23. The minimum Gasteiger partial charge on any atom is -0.462 e. The molecule has 0 radical (unpaired) electrons. The summed E-state index contributed by atoms with van der Waals surface area (Å²) in [5.41, 5.74) is 7.54. The number of thiazole rings is 1. The number of aromatic nitrogens is 2. The highest BCUT2D eigenvalue weighted by molar-refractivity contribution is 7.13. The number of hydrogen-bond donors (Lipinski definition) is 2. The van der Waals surface area contributed by atoms with Crippen LogP contribution in [0.15, 0.2) is 17.6 Å². The normalized spacial score (nSPS) is 10.7. The Morgan fingerprint density at radius 2 is 2.29 bits per heavy atom. The third kappa shape index (κ3) is 3.49. The lowest BCUT2D eigenvalue weighted by Gasteiger charge is -2.09. The van der Waals surface area contributed by atoms with Crippen molar-refractivity contribution in [1.29, 1.82) is 0 Å². The molecule has 0 saturated carbocycles. The second-order valence-corrected chi connectivity index (χ2v) is 5.56. The van der Waals surface area contributed by atoms with Crippen LogP contribution < -0.4 is 11.1 Å². The molecule has 7 heteroatoms. The van der Waals surface area contributed by atoms with Crippen molar-refractivity contribution < 1.29 is 9.53 Å². The average molecular weight is 306 g/mol. The van der Waals surface area contributed by atoms with Crippen molar-refractivity contribution in [2.75, 3.05) is 17.7 Å². The van der Waals surface area contributed by atoms with Crippen molar-refractivity contribution >= 4 is 33.9 Å². The number of esters is 1. The fourth-order valence-electron chi connectivity index (χ4n) is 1.67. The van der Waals surface area contributed by atoms with E-state index in [4.69, 9.17) is 10.5 Å². The van der Waals surface area contributed by atoms with Gasteiger partial charge in [0.2, 0.25) is 0 Å². The van der Waals surface area contributed by atoms with Gasteiger partial charge in [0.15, 0.2) is 10.9 Å². The van der Waals surface area contributed by atoms with Crippen molar-refractivity contribution in [2.24, 2.45) is 0 Å². The Bertz CT molecular complexity index is 640. The van der Waals surface area contributed by atoms with Crippen LogP contribution in [0.2, 0.25) is 0 Å². The SMILES string of the molecule is CCOC(=O)c1ccnc(Nc2nc(C(C)C)cs2)c1N. The van der Waals surface area contributed by atoms with Gasteiger partial charge >= 0.3 is 5.97 Å². The van der Waals surface area contributed by atoms with E-state index in [0.29, 0.717) is 29.0 Å². The number of carbonyl (C=O) groups is 1. The number of anilines is 3. The highest BCUT2D eigenvalue weighted by Crippen LogP contribution is 2.28. The minimum absolute atomic E-state index is 0.261. The van der Waals surface area contributed by atoms with Gasteiger partial charge in [-0.15, -0.1) is 11.3 Å². The van der Waals surface area contributed by atoms with E-state index in [1.54, 1.807) is 13.0 Å². The maximum Gasteiger partial charge on any atom is 0.340 e. The molecule has 2 rings (SSSR count). The van der Waals surface area contributed by atoms with E-state index in [-0.39, 0.29) is 5.69 Å². The van der Waals surface area contributed by atoms with Crippen molar-refractivity contribution in [2.45, 2.75) is 26.7 Å². The fourth-order valence-corrected chi connectivity index (χ4v) is 2.54. The molecule has 6 nitrogen and oxygen atoms in total. The Morgan fingerprint density at radius 3 is 2.90 bits per heavy atom. The summed E-state index contributed by atoms with van der Waals surface area (Å²) >= 11 is 1.47. The lowest BCUT2D eigenvalue weighted by Crippen LogP contribution is -2.10. The standard InChI is InChI=1S/C14H18N4O2S/c1-4-20-13(19)9-5-6-16-12(11(9)15)18-14-17-10(7-21-14)8(2)3/h5-8H,4,15H2,1-3H3,(H,16,17,18). The van der Waals surface area contributed by atoms with Gasteiger partial charge in [0, 0.05) is 11.6 Å². The quantitative estimate of drug-likeness (QED) is 0.825. The van der Waals surface area contributed by atoms with Gasteiger partial charge in [0.25, 0.3) is 0 Å². The summed E-state index contributed by atoms with van der Waals surface area (Å²) in [4.78, 5) is 20.4. The monoisotopic (exact) mass is 306 g/mol. The van der Waals surface area contributed by atoms with Gasteiger partial charge in [0.05, 0.1) is 23.6 Å². The summed E-state index contributed by atoms with van der Waals surface area (Å²) in [6.07, 6.45) is 1.52. The maximum atomic E-state index is 11.8. The van der Waals surface area contributed by atoms with Crippen molar-refractivity contribution in [1.82, 2.24) is 9.97 Å². The largest absolute Gasteiger partial charge is 0.462 e. The van der Waals surface area contributed by atoms with Crippen LogP contribution in [0.3, 0.4) is 0 Å². The summed E-state index contributed by atoms with van der Waals surface area (Å²) in [5, 5.41) is 5.73. The molecule has 0 aliphatic carbocycles. The number of hydrogen-bond acceptors (Lipinski definition) is 7. The third-order valence-electron chi connectivity index (χ3n) is 2.82. The fraction of sp³-hybridized carbons (Fsp3) is 0.357. The van der Waals surface area contributed by atoms with Gasteiger partial charge in [-0.2, -0.15) is 0 Å². The number of ether oxygens (including phenoxy) is 1. The molecule has 3 N–H and O–H groups in total. The summed E-state index contributed by atoms with van der Waals surface area (Å²) in [5.74, 6) is 0.306. The molecule has 2 heterocycles. The first-order valence-electron chi connectivity index (χ1n) is 6.67. The zero-order chi connectivity index (χ0) is 15.4. The van der Waals surface area contributed by atoms with E-state index >= 15 is 0 Å². The van der Waals surface area contributed by atoms with Gasteiger partial charge in [-0.3, -0.25) is 0 Å². The van der Waals surface area contributed by atoms with Crippen LogP contribution in [0.1, 0.15) is 42.7 Å². The van der Waals surface area contributed by atoms with Gasteiger partial charge in [0.1, 0.15) is 0 Å². The lowest BCUT2D eigenvalue weighted by molar-refractivity contribution is 0.0527. The Hall–Kier alpha value is -2.15. The Labute approximate surface area is 127 Å². The molecule has 112 valence electrons. The van der Waals surface area contributed by atoms with Crippen molar-refractivity contribution in [3.8, 4) is 0 Å². The number of carbonyl (C=O) groups excluding carboxylic acids is 1. The first-order chi connectivity index (χ1) is 10.0. The molecule has 2 aromatic rings. The van der Waals surface area contributed by atoms with E-state index in [1.807, 2.05) is 5.38 Å². The second kappa shape index (κ2) is 6.53. The van der Waals surface area contributed by atoms with Crippen LogP contribution in [-0.4, -0.2) is 22.5 Å². The molecule has 2 aromatic heterocycles. The molecule has 0 aromatic carbocycles. The first-order valence-corrected chi connectivity index (χ1v) is 7.55. The molecule has 0 saturated heterocycles. The molecule has 0 amide bonds. The van der Waals surface area contributed by atoms with E-state index < -0.39 is 5.97 Å². The molecule has 0 fully saturated rings. The molecule has 0 aliphatic heterocycles. The topological polar surface area (TPSA) is 90.1 Å². The first kappa shape index (κ1) is 15.2. The summed E-state index contributed by atoms with van der Waals surface area (Å²) in [7, 11) is 0. The van der Waals surface area contributed by atoms with Gasteiger partial charge in [-0.1, -0.05) is 13.8 Å².